The summed E-state index contributed by atoms with van der Waals surface area (Å²) in [7, 11) is -7.19. The number of nitrogens with one attached hydrogen (secondary N) is 1. The largest absolute Gasteiger partial charge is 0.491 e. The minimum absolute atomic E-state index is 0.0166. The van der Waals surface area contributed by atoms with Gasteiger partial charge in [0.05, 0.1) is 54.7 Å². The molecule has 356 valence electrons. The Morgan fingerprint density at radius 1 is 0.692 bits per heavy atom. The van der Waals surface area contributed by atoms with Crippen LogP contribution in [-0.4, -0.2) is 113 Å². The standard InChI is InChI=1S/C24H31NO6S.C13H19NO4S.C11H14O3/c1-17(2)31-22-11-10-19(14-18(22)3)23(26)25-13-12-24(27,20-8-6-5-7-9-20)21(15-25)16-30-32(4,28)29;1-19(16,17)18-10-12-9-14-8-7-13(12,15)11-5-3-2-4-6-11;1-7(2)14-10-5-4-9(11(12)13)6-8(10)3/h5-11,14,17,21,27H,12-13,15-16H2,1-4H3;2-6,12,14-15H,7-10H2,1H3;4-7H,1-3H3,(H,12,13). The highest BCUT2D eigenvalue weighted by Crippen LogP contribution is 2.39. The number of hydrogen-bond donors (Lipinski definition) is 4. The fourth-order valence-corrected chi connectivity index (χ4v) is 8.49. The zero-order valence-corrected chi connectivity index (χ0v) is 40.0. The summed E-state index contributed by atoms with van der Waals surface area (Å²) >= 11 is 0. The first-order valence-corrected chi connectivity index (χ1v) is 25.1. The van der Waals surface area contributed by atoms with Gasteiger partial charge in [0.1, 0.15) is 11.5 Å². The van der Waals surface area contributed by atoms with Crippen molar-refractivity contribution in [2.24, 2.45) is 11.8 Å². The number of aryl methyl sites for hydroxylation is 2. The summed E-state index contributed by atoms with van der Waals surface area (Å²) in [5.74, 6) is -0.522. The molecule has 4 aromatic rings. The summed E-state index contributed by atoms with van der Waals surface area (Å²) in [5.41, 5.74) is 1.66. The van der Waals surface area contributed by atoms with E-state index in [2.05, 4.69) is 5.32 Å². The summed E-state index contributed by atoms with van der Waals surface area (Å²) in [6, 6.07) is 28.6. The van der Waals surface area contributed by atoms with Crippen molar-refractivity contribution in [3.63, 3.8) is 0 Å². The third-order valence-electron chi connectivity index (χ3n) is 11.0. The SMILES string of the molecule is CS(=O)(=O)OCC1CNCCC1(O)c1ccccc1.Cc1cc(C(=O)N2CCC(O)(c3ccccc3)C(COS(C)(=O)=O)C2)ccc1OC(C)C.Cc1cc(C(=O)O)ccc1OC(C)C. The van der Waals surface area contributed by atoms with Crippen molar-refractivity contribution >= 4 is 32.1 Å². The molecule has 4 aromatic carbocycles. The van der Waals surface area contributed by atoms with Gasteiger partial charge in [-0.25, -0.2) is 4.79 Å². The molecule has 2 aliphatic heterocycles. The van der Waals surface area contributed by atoms with Gasteiger partial charge in [-0.15, -0.1) is 0 Å². The second-order valence-electron chi connectivity index (χ2n) is 17.0. The van der Waals surface area contributed by atoms with E-state index in [1.807, 2.05) is 102 Å². The van der Waals surface area contributed by atoms with E-state index < -0.39 is 43.3 Å². The molecule has 4 N–H and O–H groups in total. The summed E-state index contributed by atoms with van der Waals surface area (Å²) in [6.07, 6.45) is 2.94. The highest BCUT2D eigenvalue weighted by atomic mass is 32.2. The number of aromatic carboxylic acids is 1. The minimum Gasteiger partial charge on any atom is -0.491 e. The number of carboxylic acid groups (broad SMARTS) is 1. The number of benzene rings is 4. The Hall–Kier alpha value is -4.88. The van der Waals surface area contributed by atoms with Crippen LogP contribution in [0.4, 0.5) is 0 Å². The van der Waals surface area contributed by atoms with Crippen molar-refractivity contribution in [3.05, 3.63) is 130 Å². The molecule has 65 heavy (non-hydrogen) atoms. The number of piperidine rings is 2. The summed E-state index contributed by atoms with van der Waals surface area (Å²) < 4.78 is 66.6. The lowest BCUT2D eigenvalue weighted by Crippen LogP contribution is -2.53. The second-order valence-corrected chi connectivity index (χ2v) is 20.3. The Morgan fingerprint density at radius 2 is 1.14 bits per heavy atom. The zero-order valence-electron chi connectivity index (χ0n) is 38.4. The van der Waals surface area contributed by atoms with Crippen LogP contribution in [0.1, 0.15) is 83.5 Å². The maximum Gasteiger partial charge on any atom is 0.335 e. The number of aliphatic hydroxyl groups is 2. The molecular formula is C48H64N2O13S2. The number of likely N-dealkylation sites (tertiary alicyclic amines) is 1. The number of carbonyl (C=O) groups is 2. The molecule has 2 fully saturated rings. The molecule has 17 heteroatoms. The minimum atomic E-state index is -3.69. The number of rotatable bonds is 14. The van der Waals surface area contributed by atoms with Crippen molar-refractivity contribution in [2.75, 3.05) is 51.9 Å². The predicted octanol–water partition coefficient (Wildman–Crippen LogP) is 6.05. The van der Waals surface area contributed by atoms with Crippen LogP contribution < -0.4 is 14.8 Å². The smallest absolute Gasteiger partial charge is 0.335 e. The van der Waals surface area contributed by atoms with Crippen LogP contribution in [0.25, 0.3) is 0 Å². The average molecular weight is 941 g/mol. The maximum atomic E-state index is 13.2. The molecule has 2 heterocycles. The number of carboxylic acids is 1. The number of amides is 1. The molecule has 15 nitrogen and oxygen atoms in total. The number of ether oxygens (including phenoxy) is 2. The van der Waals surface area contributed by atoms with E-state index in [0.29, 0.717) is 42.7 Å². The van der Waals surface area contributed by atoms with Gasteiger partial charge in [0, 0.05) is 37.0 Å². The van der Waals surface area contributed by atoms with Gasteiger partial charge in [-0.1, -0.05) is 60.7 Å². The van der Waals surface area contributed by atoms with E-state index in [1.54, 1.807) is 41.3 Å². The Balaban J connectivity index is 0.000000237. The monoisotopic (exact) mass is 940 g/mol. The van der Waals surface area contributed by atoms with E-state index in [4.69, 9.17) is 22.9 Å². The van der Waals surface area contributed by atoms with Gasteiger partial charge in [0.25, 0.3) is 26.1 Å². The highest BCUT2D eigenvalue weighted by Gasteiger charge is 2.45. The molecule has 6 rings (SSSR count). The van der Waals surface area contributed by atoms with Crippen LogP contribution in [0, 0.1) is 25.7 Å². The molecular weight excluding hydrogens is 877 g/mol. The molecule has 4 atom stereocenters. The van der Waals surface area contributed by atoms with Crippen LogP contribution in [0.5, 0.6) is 11.5 Å². The van der Waals surface area contributed by atoms with Gasteiger partial charge in [0.2, 0.25) is 0 Å². The summed E-state index contributed by atoms with van der Waals surface area (Å²) in [4.78, 5) is 25.5. The lowest BCUT2D eigenvalue weighted by molar-refractivity contribution is -0.0835. The topological polar surface area (TPSA) is 215 Å². The van der Waals surface area contributed by atoms with E-state index in [0.717, 1.165) is 40.7 Å². The van der Waals surface area contributed by atoms with Gasteiger partial charge in [-0.2, -0.15) is 16.8 Å². The van der Waals surface area contributed by atoms with Gasteiger partial charge < -0.3 is 35.0 Å². The van der Waals surface area contributed by atoms with Crippen molar-refractivity contribution in [2.45, 2.75) is 77.8 Å². The molecule has 2 saturated heterocycles. The van der Waals surface area contributed by atoms with Crippen molar-refractivity contribution < 1.29 is 59.6 Å². The quantitative estimate of drug-likeness (QED) is 0.106. The van der Waals surface area contributed by atoms with Crippen LogP contribution in [0.3, 0.4) is 0 Å². The first-order chi connectivity index (χ1) is 30.4. The lowest BCUT2D eigenvalue weighted by Gasteiger charge is -2.44. The van der Waals surface area contributed by atoms with Crippen molar-refractivity contribution in [3.8, 4) is 11.5 Å². The van der Waals surface area contributed by atoms with Gasteiger partial charge in [0.15, 0.2) is 0 Å². The fraction of sp³-hybridized carbons (Fsp3) is 0.458. The van der Waals surface area contributed by atoms with E-state index >= 15 is 0 Å². The Kier molecular flexibility index (Phi) is 18.7. The average Bonchev–Trinajstić information content (AvgIpc) is 3.24. The summed E-state index contributed by atoms with van der Waals surface area (Å²) in [6.45, 7) is 13.0. The lowest BCUT2D eigenvalue weighted by atomic mass is 9.76. The van der Waals surface area contributed by atoms with Gasteiger partial charge in [-0.3, -0.25) is 13.2 Å². The molecule has 2 aliphatic rings. The molecule has 0 bridgehead atoms. The number of hydrogen-bond acceptors (Lipinski definition) is 13. The van der Waals surface area contributed by atoms with E-state index in [1.165, 1.54) is 0 Å². The van der Waals surface area contributed by atoms with E-state index in [-0.39, 0.29) is 50.2 Å². The molecule has 0 aliphatic carbocycles. The van der Waals surface area contributed by atoms with Gasteiger partial charge in [-0.05, 0) is 120 Å². The normalized spacial score (nSPS) is 21.1. The fourth-order valence-electron chi connectivity index (χ4n) is 7.66. The predicted molar refractivity (Wildman–Crippen MR) is 248 cm³/mol. The van der Waals surface area contributed by atoms with E-state index in [9.17, 15) is 36.6 Å². The zero-order chi connectivity index (χ0) is 48.2. The molecule has 0 radical (unpaired) electrons. The van der Waals surface area contributed by atoms with Gasteiger partial charge >= 0.3 is 5.97 Å². The molecule has 0 aromatic heterocycles. The number of carbonyl (C=O) groups excluding carboxylic acids is 1. The molecule has 0 spiro atoms. The van der Waals surface area contributed by atoms with Crippen molar-refractivity contribution in [1.82, 2.24) is 10.2 Å². The first kappa shape index (κ1) is 52.7. The second kappa shape index (κ2) is 23.0. The molecule has 0 saturated carbocycles. The molecule has 4 unspecified atom stereocenters. The Bertz CT molecular complexity index is 2420. The third kappa shape index (κ3) is 15.6. The summed E-state index contributed by atoms with van der Waals surface area (Å²) in [5, 5.41) is 34.3. The maximum absolute atomic E-state index is 13.2. The Labute approximate surface area is 383 Å². The molecule has 1 amide bonds. The van der Waals surface area contributed by atoms with Crippen LogP contribution in [0.15, 0.2) is 97.1 Å². The van der Waals surface area contributed by atoms with Crippen LogP contribution in [-0.2, 0) is 39.8 Å². The van der Waals surface area contributed by atoms with Crippen LogP contribution >= 0.6 is 0 Å². The van der Waals surface area contributed by atoms with Crippen molar-refractivity contribution in [1.29, 1.82) is 0 Å². The first-order valence-electron chi connectivity index (χ1n) is 21.4. The Morgan fingerprint density at radius 3 is 1.58 bits per heavy atom. The highest BCUT2D eigenvalue weighted by molar-refractivity contribution is 7.86. The third-order valence-corrected chi connectivity index (χ3v) is 12.1. The number of nitrogens with zero attached hydrogens (tertiary/aromatic N) is 1. The van der Waals surface area contributed by atoms with Crippen LogP contribution in [0.2, 0.25) is 0 Å².